The van der Waals surface area contributed by atoms with Crippen molar-refractivity contribution in [2.45, 2.75) is 132 Å². The molecule has 0 aromatic heterocycles. The fourth-order valence-electron chi connectivity index (χ4n) is 10.00. The summed E-state index contributed by atoms with van der Waals surface area (Å²) in [5, 5.41) is 0. The standard InChI is InChI=1S/C33H54O4/c1-9-24(20(2)3)11-10-21(4)26-14-15-27-25-12-13-29-31(37-23(6)35)30(36-22(5)34)17-19-33(29,8)28(25)16-18-32(26,27)7/h13,20-21,24-28,30-31H,9-12,14-19H2,1-8H3/t21-,24-,25+,26-,27+,28+,30+,31-,32-,33-/m1/s1. The van der Waals surface area contributed by atoms with Gasteiger partial charge < -0.3 is 9.47 Å². The molecule has 0 heterocycles. The van der Waals surface area contributed by atoms with Crippen LogP contribution in [0.4, 0.5) is 0 Å². The molecular weight excluding hydrogens is 460 g/mol. The quantitative estimate of drug-likeness (QED) is 0.242. The van der Waals surface area contributed by atoms with Crippen molar-refractivity contribution < 1.29 is 19.1 Å². The van der Waals surface area contributed by atoms with Gasteiger partial charge in [-0.3, -0.25) is 9.59 Å². The van der Waals surface area contributed by atoms with Crippen LogP contribution in [0, 0.1) is 52.3 Å². The number of carbonyl (C=O) groups is 2. The zero-order chi connectivity index (χ0) is 27.1. The zero-order valence-electron chi connectivity index (χ0n) is 25.0. The van der Waals surface area contributed by atoms with E-state index in [1.54, 1.807) is 0 Å². The molecule has 4 aliphatic rings. The summed E-state index contributed by atoms with van der Waals surface area (Å²) in [6.45, 7) is 17.7. The molecule has 3 saturated carbocycles. The Bertz CT molecular complexity index is 876. The summed E-state index contributed by atoms with van der Waals surface area (Å²) in [5.41, 5.74) is 1.70. The van der Waals surface area contributed by atoms with E-state index in [4.69, 9.17) is 9.47 Å². The summed E-state index contributed by atoms with van der Waals surface area (Å²) in [6.07, 6.45) is 13.9. The summed E-state index contributed by atoms with van der Waals surface area (Å²) in [5.74, 6) is 4.84. The van der Waals surface area contributed by atoms with Gasteiger partial charge in [0, 0.05) is 13.8 Å². The molecule has 0 N–H and O–H groups in total. The lowest BCUT2D eigenvalue weighted by molar-refractivity contribution is -0.170. The van der Waals surface area contributed by atoms with Crippen LogP contribution in [0.15, 0.2) is 11.6 Å². The lowest BCUT2D eigenvalue weighted by atomic mass is 9.46. The molecule has 4 nitrogen and oxygen atoms in total. The minimum absolute atomic E-state index is 0.0241. The van der Waals surface area contributed by atoms with E-state index in [9.17, 15) is 9.59 Å². The van der Waals surface area contributed by atoms with Gasteiger partial charge in [-0.2, -0.15) is 0 Å². The maximum Gasteiger partial charge on any atom is 0.303 e. The largest absolute Gasteiger partial charge is 0.458 e. The van der Waals surface area contributed by atoms with Gasteiger partial charge in [0.2, 0.25) is 0 Å². The molecule has 0 unspecified atom stereocenters. The van der Waals surface area contributed by atoms with Gasteiger partial charge in [-0.15, -0.1) is 0 Å². The molecule has 4 heteroatoms. The molecule has 0 saturated heterocycles. The Hall–Kier alpha value is -1.32. The van der Waals surface area contributed by atoms with Crippen molar-refractivity contribution in [3.63, 3.8) is 0 Å². The molecular formula is C33H54O4. The smallest absolute Gasteiger partial charge is 0.303 e. The first-order valence-corrected chi connectivity index (χ1v) is 15.5. The van der Waals surface area contributed by atoms with Crippen LogP contribution in [0.25, 0.3) is 0 Å². The van der Waals surface area contributed by atoms with E-state index in [1.807, 2.05) is 0 Å². The third-order valence-electron chi connectivity index (χ3n) is 11.9. The SMILES string of the molecule is CC[C@H](CC[C@@H](C)[C@H]1CC[C@H]2[C@@H]3CC=C4[C@@H](OC(C)=O)[C@@H](OC(C)=O)CC[C@]4(C)[C@H]3CC[C@]12C)C(C)C. The number of rotatable bonds is 8. The second-order valence-electron chi connectivity index (χ2n) is 14.1. The fraction of sp³-hybridized carbons (Fsp3) is 0.879. The molecule has 4 aliphatic carbocycles. The van der Waals surface area contributed by atoms with E-state index in [1.165, 1.54) is 64.4 Å². The summed E-state index contributed by atoms with van der Waals surface area (Å²) >= 11 is 0. The van der Waals surface area contributed by atoms with Gasteiger partial charge in [-0.1, -0.05) is 60.5 Å². The van der Waals surface area contributed by atoms with Crippen LogP contribution in [-0.2, 0) is 19.1 Å². The Balaban J connectivity index is 1.53. The zero-order valence-corrected chi connectivity index (χ0v) is 25.0. The average Bonchev–Trinajstić information content (AvgIpc) is 3.17. The highest BCUT2D eigenvalue weighted by molar-refractivity contribution is 5.68. The highest BCUT2D eigenvalue weighted by Crippen LogP contribution is 2.67. The first-order chi connectivity index (χ1) is 17.4. The van der Waals surface area contributed by atoms with Crippen LogP contribution in [-0.4, -0.2) is 24.1 Å². The monoisotopic (exact) mass is 514 g/mol. The van der Waals surface area contributed by atoms with Crippen molar-refractivity contribution in [1.29, 1.82) is 0 Å². The van der Waals surface area contributed by atoms with Crippen LogP contribution in [0.3, 0.4) is 0 Å². The van der Waals surface area contributed by atoms with Gasteiger partial charge in [-0.25, -0.2) is 0 Å². The van der Waals surface area contributed by atoms with Gasteiger partial charge in [0.25, 0.3) is 0 Å². The van der Waals surface area contributed by atoms with E-state index in [2.05, 4.69) is 47.6 Å². The van der Waals surface area contributed by atoms with Crippen LogP contribution in [0.5, 0.6) is 0 Å². The van der Waals surface area contributed by atoms with Crippen LogP contribution in [0.2, 0.25) is 0 Å². The molecule has 0 aromatic carbocycles. The molecule has 3 fully saturated rings. The van der Waals surface area contributed by atoms with Gasteiger partial charge in [0.05, 0.1) is 0 Å². The maximum absolute atomic E-state index is 12.1. The minimum Gasteiger partial charge on any atom is -0.458 e. The van der Waals surface area contributed by atoms with Gasteiger partial charge >= 0.3 is 11.9 Å². The van der Waals surface area contributed by atoms with Crippen molar-refractivity contribution in [2.24, 2.45) is 52.3 Å². The Morgan fingerprint density at radius 2 is 1.65 bits per heavy atom. The van der Waals surface area contributed by atoms with Gasteiger partial charge in [-0.05, 0) is 109 Å². The van der Waals surface area contributed by atoms with Crippen molar-refractivity contribution >= 4 is 11.9 Å². The third kappa shape index (κ3) is 5.29. The van der Waals surface area contributed by atoms with Crippen LogP contribution >= 0.6 is 0 Å². The molecule has 0 radical (unpaired) electrons. The molecule has 0 aromatic rings. The predicted octanol–water partition coefficient (Wildman–Crippen LogP) is 8.14. The predicted molar refractivity (Wildman–Crippen MR) is 149 cm³/mol. The van der Waals surface area contributed by atoms with E-state index < -0.39 is 6.10 Å². The summed E-state index contributed by atoms with van der Waals surface area (Å²) in [4.78, 5) is 23.9. The fourth-order valence-corrected chi connectivity index (χ4v) is 10.00. The Morgan fingerprint density at radius 3 is 2.27 bits per heavy atom. The highest BCUT2D eigenvalue weighted by atomic mass is 16.6. The molecule has 37 heavy (non-hydrogen) atoms. The molecule has 4 rings (SSSR count). The number of fused-ring (bicyclic) bond motifs is 5. The maximum atomic E-state index is 12.1. The minimum atomic E-state index is -0.432. The van der Waals surface area contributed by atoms with Crippen LogP contribution in [0.1, 0.15) is 120 Å². The topological polar surface area (TPSA) is 52.6 Å². The van der Waals surface area contributed by atoms with Gasteiger partial charge in [0.1, 0.15) is 6.10 Å². The number of ether oxygens (including phenoxy) is 2. The molecule has 210 valence electrons. The Morgan fingerprint density at radius 1 is 0.946 bits per heavy atom. The average molecular weight is 515 g/mol. The lowest BCUT2D eigenvalue weighted by Gasteiger charge is -2.59. The summed E-state index contributed by atoms with van der Waals surface area (Å²) < 4.78 is 11.5. The van der Waals surface area contributed by atoms with E-state index >= 15 is 0 Å². The molecule has 0 spiro atoms. The Labute approximate surface area is 226 Å². The number of hydrogen-bond donors (Lipinski definition) is 0. The first kappa shape index (κ1) is 28.7. The van der Waals surface area contributed by atoms with E-state index in [-0.39, 0.29) is 23.5 Å². The second kappa shape index (κ2) is 11.0. The summed E-state index contributed by atoms with van der Waals surface area (Å²) in [6, 6.07) is 0. The van der Waals surface area contributed by atoms with E-state index in [0.717, 1.165) is 48.9 Å². The number of carbonyl (C=O) groups excluding carboxylic acids is 2. The Kier molecular flexibility index (Phi) is 8.56. The van der Waals surface area contributed by atoms with Crippen molar-refractivity contribution in [3.8, 4) is 0 Å². The number of esters is 2. The number of hydrogen-bond acceptors (Lipinski definition) is 4. The van der Waals surface area contributed by atoms with Crippen molar-refractivity contribution in [2.75, 3.05) is 0 Å². The van der Waals surface area contributed by atoms with Crippen molar-refractivity contribution in [3.05, 3.63) is 11.6 Å². The van der Waals surface area contributed by atoms with E-state index in [0.29, 0.717) is 17.3 Å². The normalized spacial score (nSPS) is 40.6. The number of allylic oxidation sites excluding steroid dienone is 1. The highest BCUT2D eigenvalue weighted by Gasteiger charge is 2.60. The molecule has 0 aliphatic heterocycles. The van der Waals surface area contributed by atoms with Crippen LogP contribution < -0.4 is 0 Å². The molecule has 10 atom stereocenters. The third-order valence-corrected chi connectivity index (χ3v) is 11.9. The second-order valence-corrected chi connectivity index (χ2v) is 14.1. The molecule has 0 bridgehead atoms. The van der Waals surface area contributed by atoms with Crippen molar-refractivity contribution in [1.82, 2.24) is 0 Å². The summed E-state index contributed by atoms with van der Waals surface area (Å²) in [7, 11) is 0. The lowest BCUT2D eigenvalue weighted by Crippen LogP contribution is -2.55. The first-order valence-electron chi connectivity index (χ1n) is 15.5. The van der Waals surface area contributed by atoms with Gasteiger partial charge in [0.15, 0.2) is 6.10 Å². The molecule has 0 amide bonds.